The van der Waals surface area contributed by atoms with Gasteiger partial charge in [-0.25, -0.2) is 28.6 Å². The number of phosphoric acid groups is 1. The molecular formula is C22H26N6O12P2. The molecule has 2 aliphatic rings. The molecule has 18 nitrogen and oxygen atoms in total. The summed E-state index contributed by atoms with van der Waals surface area (Å²) in [5, 5.41) is 13.9. The van der Waals surface area contributed by atoms with Gasteiger partial charge in [0.1, 0.15) is 30.8 Å². The molecule has 1 aromatic carbocycles. The minimum absolute atomic E-state index is 0.137. The number of rotatable bonds is 11. The SMILES string of the molecule is CCNC(=O)Nc1ncnc2c1ncn2[C@@H]1O[C@H](COP(=O)(O)OP(=O)(O)CC(=O)O)C2O[C@@H](c3ccccc3)O[C@@H]21. The molecule has 2 aliphatic heterocycles. The summed E-state index contributed by atoms with van der Waals surface area (Å²) >= 11 is 0. The number of benzene rings is 1. The quantitative estimate of drug-likeness (QED) is 0.190. The fourth-order valence-corrected chi connectivity index (χ4v) is 6.84. The number of hydrogen-bond acceptors (Lipinski definition) is 12. The van der Waals surface area contributed by atoms with Crippen LogP contribution in [-0.2, 0) is 37.0 Å². The maximum Gasteiger partial charge on any atom is 0.479 e. The Morgan fingerprint density at radius 3 is 2.52 bits per heavy atom. The van der Waals surface area contributed by atoms with Crippen molar-refractivity contribution in [2.24, 2.45) is 0 Å². The predicted molar refractivity (Wildman–Crippen MR) is 140 cm³/mol. The molecule has 0 aliphatic carbocycles. The van der Waals surface area contributed by atoms with Crippen LogP contribution < -0.4 is 10.6 Å². The van der Waals surface area contributed by atoms with Crippen molar-refractivity contribution in [3.63, 3.8) is 0 Å². The van der Waals surface area contributed by atoms with E-state index in [0.717, 1.165) is 0 Å². The number of carboxylic acids is 1. The number of anilines is 1. The fraction of sp³-hybridized carbons (Fsp3) is 0.409. The second kappa shape index (κ2) is 12.1. The summed E-state index contributed by atoms with van der Waals surface area (Å²) in [6.45, 7) is 1.47. The van der Waals surface area contributed by atoms with Crippen LogP contribution in [0.1, 0.15) is 25.0 Å². The summed E-state index contributed by atoms with van der Waals surface area (Å²) < 4.78 is 53.3. The van der Waals surface area contributed by atoms with Gasteiger partial charge in [-0.2, -0.15) is 0 Å². The summed E-state index contributed by atoms with van der Waals surface area (Å²) in [4.78, 5) is 55.1. The Morgan fingerprint density at radius 2 is 1.81 bits per heavy atom. The van der Waals surface area contributed by atoms with E-state index in [-0.39, 0.29) is 17.0 Å². The van der Waals surface area contributed by atoms with Crippen LogP contribution in [0.2, 0.25) is 0 Å². The molecule has 2 amide bonds. The summed E-state index contributed by atoms with van der Waals surface area (Å²) in [5.41, 5.74) is 1.19. The summed E-state index contributed by atoms with van der Waals surface area (Å²) in [5.74, 6) is -1.58. The van der Waals surface area contributed by atoms with Crippen LogP contribution >= 0.6 is 15.4 Å². The van der Waals surface area contributed by atoms with Crippen molar-refractivity contribution in [2.75, 3.05) is 24.6 Å². The number of carbonyl (C=O) groups excluding carboxylic acids is 1. The third-order valence-electron chi connectivity index (χ3n) is 6.09. The summed E-state index contributed by atoms with van der Waals surface area (Å²) in [7, 11) is -10.2. The van der Waals surface area contributed by atoms with E-state index in [0.29, 0.717) is 12.1 Å². The van der Waals surface area contributed by atoms with Crippen molar-refractivity contribution in [1.82, 2.24) is 24.8 Å². The minimum atomic E-state index is -5.22. The molecular weight excluding hydrogens is 602 g/mol. The smallest absolute Gasteiger partial charge is 0.479 e. The largest absolute Gasteiger partial charge is 0.481 e. The second-order valence-corrected chi connectivity index (χ2v) is 12.5. The first-order valence-electron chi connectivity index (χ1n) is 12.4. The van der Waals surface area contributed by atoms with Gasteiger partial charge in [-0.05, 0) is 6.92 Å². The number of aliphatic carboxylic acids is 1. The number of imidazole rings is 1. The molecule has 5 N–H and O–H groups in total. The summed E-state index contributed by atoms with van der Waals surface area (Å²) in [6.07, 6.45) is -3.40. The molecule has 0 saturated carbocycles. The van der Waals surface area contributed by atoms with Crippen molar-refractivity contribution in [1.29, 1.82) is 0 Å². The Hall–Kier alpha value is -3.31. The van der Waals surface area contributed by atoms with Gasteiger partial charge in [-0.3, -0.25) is 23.8 Å². The highest BCUT2D eigenvalue weighted by Crippen LogP contribution is 2.60. The number of ether oxygens (including phenoxy) is 3. The molecule has 3 unspecified atom stereocenters. The summed E-state index contributed by atoms with van der Waals surface area (Å²) in [6, 6.07) is 8.46. The minimum Gasteiger partial charge on any atom is -0.481 e. The van der Waals surface area contributed by atoms with Gasteiger partial charge in [0.05, 0.1) is 12.9 Å². The number of aromatic nitrogens is 4. The molecule has 226 valence electrons. The standard InChI is InChI=1S/C22H26N6O12P2/c1-2-23-22(31)27-18-15-19(25-10-24-18)28(11-26-15)20-17-16(38-21(39-17)12-6-4-3-5-7-12)13(37-20)8-36-42(34,35)40-41(32,33)9-14(29)30/h3-7,10-11,13,16-17,20-21H,2,8-9H2,1H3,(H,29,30)(H,32,33)(H,34,35)(H2,23,24,25,27,31)/t13-,16?,17+,20-,21-/m1/s1. The monoisotopic (exact) mass is 628 g/mol. The Morgan fingerprint density at radius 1 is 1.07 bits per heavy atom. The van der Waals surface area contributed by atoms with Gasteiger partial charge in [0.2, 0.25) is 0 Å². The van der Waals surface area contributed by atoms with Crippen molar-refractivity contribution in [3.05, 3.63) is 48.5 Å². The molecule has 5 rings (SSSR count). The van der Waals surface area contributed by atoms with Gasteiger partial charge in [-0.15, -0.1) is 0 Å². The zero-order chi connectivity index (χ0) is 30.1. The van der Waals surface area contributed by atoms with Gasteiger partial charge in [0.25, 0.3) is 0 Å². The van der Waals surface area contributed by atoms with Gasteiger partial charge < -0.3 is 34.4 Å². The van der Waals surface area contributed by atoms with Gasteiger partial charge in [0, 0.05) is 12.1 Å². The topological polar surface area (TPSA) is 243 Å². The Kier molecular flexibility index (Phi) is 8.71. The van der Waals surface area contributed by atoms with Gasteiger partial charge in [0.15, 0.2) is 29.5 Å². The van der Waals surface area contributed by atoms with Crippen LogP contribution in [-0.4, -0.2) is 84.0 Å². The molecule has 42 heavy (non-hydrogen) atoms. The maximum atomic E-state index is 12.4. The molecule has 2 aromatic heterocycles. The number of nitrogens with one attached hydrogen (secondary N) is 2. The first-order chi connectivity index (χ1) is 20.0. The number of carboxylic acid groups (broad SMARTS) is 1. The number of fused-ring (bicyclic) bond motifs is 2. The predicted octanol–water partition coefficient (Wildman–Crippen LogP) is 1.75. The van der Waals surface area contributed by atoms with Crippen molar-refractivity contribution >= 4 is 44.4 Å². The van der Waals surface area contributed by atoms with E-state index in [1.165, 1.54) is 17.2 Å². The van der Waals surface area contributed by atoms with E-state index in [1.54, 1.807) is 31.2 Å². The lowest BCUT2D eigenvalue weighted by molar-refractivity contribution is -0.152. The number of carbonyl (C=O) groups is 2. The Labute approximate surface area is 237 Å². The lowest BCUT2D eigenvalue weighted by Gasteiger charge is -2.22. The Bertz CT molecular complexity index is 1560. The van der Waals surface area contributed by atoms with E-state index < -0.39 is 71.0 Å². The second-order valence-electron chi connectivity index (χ2n) is 9.08. The van der Waals surface area contributed by atoms with Crippen LogP contribution in [0.4, 0.5) is 10.6 Å². The van der Waals surface area contributed by atoms with Crippen LogP contribution in [0.15, 0.2) is 43.0 Å². The molecule has 0 radical (unpaired) electrons. The zero-order valence-corrected chi connectivity index (χ0v) is 23.5. The van der Waals surface area contributed by atoms with Crippen LogP contribution in [0.25, 0.3) is 11.2 Å². The molecule has 2 saturated heterocycles. The maximum absolute atomic E-state index is 12.4. The molecule has 2 fully saturated rings. The van der Waals surface area contributed by atoms with E-state index in [9.17, 15) is 28.5 Å². The third kappa shape index (κ3) is 6.67. The van der Waals surface area contributed by atoms with Crippen LogP contribution in [0.3, 0.4) is 0 Å². The zero-order valence-electron chi connectivity index (χ0n) is 21.7. The van der Waals surface area contributed by atoms with Crippen molar-refractivity contribution in [2.45, 2.75) is 37.8 Å². The normalized spacial score (nSPS) is 26.3. The van der Waals surface area contributed by atoms with E-state index in [1.807, 2.05) is 6.07 Å². The van der Waals surface area contributed by atoms with Crippen LogP contribution in [0, 0.1) is 0 Å². The molecule has 3 aromatic rings. The Balaban J connectivity index is 1.40. The first kappa shape index (κ1) is 30.2. The van der Waals surface area contributed by atoms with Crippen molar-refractivity contribution < 1.29 is 56.7 Å². The molecule has 0 spiro atoms. The number of amides is 2. The van der Waals surface area contributed by atoms with E-state index >= 15 is 0 Å². The van der Waals surface area contributed by atoms with Crippen LogP contribution in [0.5, 0.6) is 0 Å². The number of phosphoric ester groups is 1. The highest BCUT2D eigenvalue weighted by Gasteiger charge is 2.54. The molecule has 4 heterocycles. The lowest BCUT2D eigenvalue weighted by Crippen LogP contribution is -2.31. The molecule has 7 atom stereocenters. The highest BCUT2D eigenvalue weighted by molar-refractivity contribution is 7.64. The van der Waals surface area contributed by atoms with Gasteiger partial charge in [-0.1, -0.05) is 30.3 Å². The first-order valence-corrected chi connectivity index (χ1v) is 15.7. The average molecular weight is 628 g/mol. The number of urea groups is 1. The van der Waals surface area contributed by atoms with E-state index in [4.69, 9.17) is 23.8 Å². The number of nitrogens with zero attached hydrogens (tertiary/aromatic N) is 4. The number of hydrogen-bond donors (Lipinski definition) is 5. The van der Waals surface area contributed by atoms with Crippen molar-refractivity contribution in [3.8, 4) is 0 Å². The van der Waals surface area contributed by atoms with Gasteiger partial charge >= 0.3 is 27.4 Å². The fourth-order valence-electron chi connectivity index (χ4n) is 4.45. The highest BCUT2D eigenvalue weighted by atomic mass is 31.3. The molecule has 20 heteroatoms. The average Bonchev–Trinajstić information content (AvgIpc) is 3.61. The van der Waals surface area contributed by atoms with E-state index in [2.05, 4.69) is 29.9 Å². The molecule has 0 bridgehead atoms. The third-order valence-corrected chi connectivity index (χ3v) is 9.08. The lowest BCUT2D eigenvalue weighted by atomic mass is 10.1.